The lowest BCUT2D eigenvalue weighted by Crippen LogP contribution is -2.53. The molecule has 0 radical (unpaired) electrons. The average molecular weight is 486 g/mol. The number of nitrogens with two attached hydrogens (primary N) is 1. The van der Waals surface area contributed by atoms with Crippen molar-refractivity contribution >= 4 is 17.8 Å². The summed E-state index contributed by atoms with van der Waals surface area (Å²) < 4.78 is 5.44. The fourth-order valence-electron chi connectivity index (χ4n) is 3.56. The third-order valence-corrected chi connectivity index (χ3v) is 5.26. The van der Waals surface area contributed by atoms with Crippen LogP contribution < -0.4 is 16.4 Å². The number of hydrogen-bond donors (Lipinski definition) is 5. The van der Waals surface area contributed by atoms with Crippen LogP contribution in [0.15, 0.2) is 54.6 Å². The first-order valence-corrected chi connectivity index (χ1v) is 11.6. The second-order valence-corrected chi connectivity index (χ2v) is 8.98. The maximum Gasteiger partial charge on any atom is 0.326 e. The largest absolute Gasteiger partial charge is 0.508 e. The highest BCUT2D eigenvalue weighted by Crippen LogP contribution is 2.11. The molecule has 6 N–H and O–H groups in total. The first-order chi connectivity index (χ1) is 16.6. The average Bonchev–Trinajstić information content (AvgIpc) is 2.80. The van der Waals surface area contributed by atoms with E-state index in [9.17, 15) is 24.6 Å². The molecule has 0 aliphatic rings. The topological polar surface area (TPSA) is 151 Å². The molecule has 0 unspecified atom stereocenters. The van der Waals surface area contributed by atoms with E-state index in [0.717, 1.165) is 11.1 Å². The number of carbonyl (C=O) groups excluding carboxylic acids is 2. The van der Waals surface area contributed by atoms with Crippen LogP contribution in [0.25, 0.3) is 0 Å². The molecule has 0 aliphatic carbocycles. The molecule has 0 spiro atoms. The van der Waals surface area contributed by atoms with E-state index in [4.69, 9.17) is 10.5 Å². The molecule has 0 bridgehead atoms. The summed E-state index contributed by atoms with van der Waals surface area (Å²) in [7, 11) is 0. The van der Waals surface area contributed by atoms with E-state index in [1.165, 1.54) is 0 Å². The van der Waals surface area contributed by atoms with Gasteiger partial charge in [0.2, 0.25) is 11.8 Å². The zero-order valence-electron chi connectivity index (χ0n) is 20.1. The van der Waals surface area contributed by atoms with Gasteiger partial charge in [-0.3, -0.25) is 9.59 Å². The second kappa shape index (κ2) is 14.1. The lowest BCUT2D eigenvalue weighted by molar-refractivity contribution is -0.142. The number of benzene rings is 2. The highest BCUT2D eigenvalue weighted by molar-refractivity contribution is 5.90. The maximum absolute atomic E-state index is 12.9. The highest BCUT2D eigenvalue weighted by atomic mass is 16.5. The highest BCUT2D eigenvalue weighted by Gasteiger charge is 2.27. The summed E-state index contributed by atoms with van der Waals surface area (Å²) in [4.78, 5) is 37.0. The van der Waals surface area contributed by atoms with Crippen LogP contribution in [0, 0.1) is 5.92 Å². The third-order valence-electron chi connectivity index (χ3n) is 5.26. The Hall–Kier alpha value is -3.43. The van der Waals surface area contributed by atoms with Crippen LogP contribution in [0.5, 0.6) is 5.75 Å². The number of carboxylic acid groups (broad SMARTS) is 1. The molecule has 2 aromatic carbocycles. The van der Waals surface area contributed by atoms with Crippen molar-refractivity contribution in [3.8, 4) is 5.75 Å². The van der Waals surface area contributed by atoms with Crippen molar-refractivity contribution in [1.82, 2.24) is 10.6 Å². The number of rotatable bonds is 14. The van der Waals surface area contributed by atoms with Gasteiger partial charge in [0.1, 0.15) is 24.4 Å². The van der Waals surface area contributed by atoms with E-state index in [2.05, 4.69) is 10.6 Å². The van der Waals surface area contributed by atoms with E-state index >= 15 is 0 Å². The Balaban J connectivity index is 1.93. The number of ether oxygens (including phenoxy) is 1. The van der Waals surface area contributed by atoms with Gasteiger partial charge in [-0.2, -0.15) is 0 Å². The lowest BCUT2D eigenvalue weighted by Gasteiger charge is -2.22. The van der Waals surface area contributed by atoms with Crippen LogP contribution in [0.3, 0.4) is 0 Å². The Kier molecular flexibility index (Phi) is 11.2. The minimum atomic E-state index is -1.12. The number of aromatic hydroxyl groups is 1. The van der Waals surface area contributed by atoms with Crippen LogP contribution >= 0.6 is 0 Å². The van der Waals surface area contributed by atoms with Crippen molar-refractivity contribution in [3.63, 3.8) is 0 Å². The summed E-state index contributed by atoms with van der Waals surface area (Å²) in [6.07, 6.45) is 0.981. The van der Waals surface area contributed by atoms with Crippen molar-refractivity contribution in [3.05, 3.63) is 65.7 Å². The SMILES string of the molecule is CC(C)C[C@H](NC(=O)[C@H](Cc1ccccc1)NC(=O)COC[C@@H](N)Cc1ccc(O)cc1)C(=O)O. The summed E-state index contributed by atoms with van der Waals surface area (Å²) in [6.45, 7) is 3.57. The fourth-order valence-corrected chi connectivity index (χ4v) is 3.56. The molecule has 2 aromatic rings. The molecule has 0 fully saturated rings. The van der Waals surface area contributed by atoms with Gasteiger partial charge in [0, 0.05) is 12.5 Å². The Labute approximate surface area is 205 Å². The van der Waals surface area contributed by atoms with Gasteiger partial charge in [-0.1, -0.05) is 56.3 Å². The molecule has 9 heteroatoms. The predicted molar refractivity (Wildman–Crippen MR) is 132 cm³/mol. The molecule has 0 saturated heterocycles. The Morgan fingerprint density at radius 3 is 2.14 bits per heavy atom. The number of nitrogens with one attached hydrogen (secondary N) is 2. The van der Waals surface area contributed by atoms with Gasteiger partial charge >= 0.3 is 5.97 Å². The number of phenolic OH excluding ortho intramolecular Hbond substituents is 1. The van der Waals surface area contributed by atoms with Crippen molar-refractivity contribution in [1.29, 1.82) is 0 Å². The van der Waals surface area contributed by atoms with Crippen LogP contribution in [0.1, 0.15) is 31.4 Å². The molecule has 2 rings (SSSR count). The molecule has 0 heterocycles. The molecular formula is C26H35N3O6. The first-order valence-electron chi connectivity index (χ1n) is 11.6. The summed E-state index contributed by atoms with van der Waals surface area (Å²) in [5, 5.41) is 24.0. The van der Waals surface area contributed by atoms with Crippen molar-refractivity contribution in [2.24, 2.45) is 11.7 Å². The molecule has 9 nitrogen and oxygen atoms in total. The monoisotopic (exact) mass is 485 g/mol. The Morgan fingerprint density at radius 2 is 1.54 bits per heavy atom. The molecule has 2 amide bonds. The van der Waals surface area contributed by atoms with E-state index in [-0.39, 0.29) is 43.8 Å². The Bertz CT molecular complexity index is 949. The van der Waals surface area contributed by atoms with E-state index < -0.39 is 29.9 Å². The summed E-state index contributed by atoms with van der Waals surface area (Å²) in [5.74, 6) is -1.96. The maximum atomic E-state index is 12.9. The zero-order chi connectivity index (χ0) is 25.8. The number of hydrogen-bond acceptors (Lipinski definition) is 6. The summed E-state index contributed by atoms with van der Waals surface area (Å²) in [6, 6.07) is 13.4. The minimum absolute atomic E-state index is 0.0674. The molecule has 0 aromatic heterocycles. The number of carbonyl (C=O) groups is 3. The van der Waals surface area contributed by atoms with Crippen LogP contribution in [0.2, 0.25) is 0 Å². The van der Waals surface area contributed by atoms with Crippen molar-refractivity contribution in [2.45, 2.75) is 51.2 Å². The minimum Gasteiger partial charge on any atom is -0.508 e. The van der Waals surface area contributed by atoms with Gasteiger partial charge in [0.15, 0.2) is 0 Å². The van der Waals surface area contributed by atoms with Gasteiger partial charge in [-0.25, -0.2) is 4.79 Å². The molecule has 35 heavy (non-hydrogen) atoms. The summed E-state index contributed by atoms with van der Waals surface area (Å²) in [5.41, 5.74) is 7.81. The molecular weight excluding hydrogens is 450 g/mol. The number of aliphatic carboxylic acids is 1. The number of carboxylic acids is 1. The van der Waals surface area contributed by atoms with Crippen LogP contribution in [0.4, 0.5) is 0 Å². The van der Waals surface area contributed by atoms with Gasteiger partial charge in [-0.05, 0) is 42.0 Å². The lowest BCUT2D eigenvalue weighted by atomic mass is 10.0. The molecule has 190 valence electrons. The predicted octanol–water partition coefficient (Wildman–Crippen LogP) is 1.62. The smallest absolute Gasteiger partial charge is 0.326 e. The molecule has 0 saturated carbocycles. The van der Waals surface area contributed by atoms with Crippen LogP contribution in [-0.2, 0) is 32.0 Å². The normalized spacial score (nSPS) is 13.6. The number of phenols is 1. The third kappa shape index (κ3) is 10.6. The first kappa shape index (κ1) is 27.8. The molecule has 0 aliphatic heterocycles. The summed E-state index contributed by atoms with van der Waals surface area (Å²) >= 11 is 0. The fraction of sp³-hybridized carbons (Fsp3) is 0.423. The van der Waals surface area contributed by atoms with E-state index in [0.29, 0.717) is 6.42 Å². The van der Waals surface area contributed by atoms with Crippen LogP contribution in [-0.4, -0.2) is 59.3 Å². The van der Waals surface area contributed by atoms with E-state index in [1.54, 1.807) is 24.3 Å². The van der Waals surface area contributed by atoms with Gasteiger partial charge < -0.3 is 31.3 Å². The van der Waals surface area contributed by atoms with E-state index in [1.807, 2.05) is 44.2 Å². The van der Waals surface area contributed by atoms with Gasteiger partial charge in [-0.15, -0.1) is 0 Å². The van der Waals surface area contributed by atoms with Crippen molar-refractivity contribution in [2.75, 3.05) is 13.2 Å². The molecule has 3 atom stereocenters. The second-order valence-electron chi connectivity index (χ2n) is 8.98. The number of amides is 2. The standard InChI is InChI=1S/C26H35N3O6/c1-17(2)12-23(26(33)34)29-25(32)22(14-18-6-4-3-5-7-18)28-24(31)16-35-15-20(27)13-19-8-10-21(30)11-9-19/h3-11,17,20,22-23,30H,12-16,27H2,1-2H3,(H,28,31)(H,29,32)(H,33,34)/t20-,22-,23-/m0/s1. The quantitative estimate of drug-likeness (QED) is 0.273. The van der Waals surface area contributed by atoms with Gasteiger partial charge in [0.25, 0.3) is 0 Å². The van der Waals surface area contributed by atoms with Crippen molar-refractivity contribution < 1.29 is 29.3 Å². The van der Waals surface area contributed by atoms with Gasteiger partial charge in [0.05, 0.1) is 6.61 Å². The Morgan fingerprint density at radius 1 is 0.914 bits per heavy atom. The zero-order valence-corrected chi connectivity index (χ0v) is 20.1.